The monoisotopic (exact) mass is 277 g/mol. The number of hydrogen-bond acceptors (Lipinski definition) is 3. The average molecular weight is 277 g/mol. The number of nitrogen functional groups attached to an aromatic ring is 1. The van der Waals surface area contributed by atoms with Crippen molar-refractivity contribution in [3.63, 3.8) is 0 Å². The Bertz CT molecular complexity index is 488. The van der Waals surface area contributed by atoms with Gasteiger partial charge in [-0.3, -0.25) is 0 Å². The van der Waals surface area contributed by atoms with E-state index in [1.165, 1.54) is 6.07 Å². The molecule has 0 saturated carbocycles. The molecular formula is C12H12AsNO2. The summed E-state index contributed by atoms with van der Waals surface area (Å²) in [6.45, 7) is 0. The molecule has 0 aliphatic heterocycles. The van der Waals surface area contributed by atoms with Crippen LogP contribution >= 0.6 is 0 Å². The van der Waals surface area contributed by atoms with Crippen LogP contribution in [0.2, 0.25) is 0 Å². The van der Waals surface area contributed by atoms with Gasteiger partial charge in [0.1, 0.15) is 0 Å². The van der Waals surface area contributed by atoms with Crippen molar-refractivity contribution >= 4 is 29.4 Å². The van der Waals surface area contributed by atoms with Crippen molar-refractivity contribution in [3.8, 4) is 5.75 Å². The van der Waals surface area contributed by atoms with E-state index in [2.05, 4.69) is 0 Å². The first-order valence-corrected chi connectivity index (χ1v) is 7.52. The van der Waals surface area contributed by atoms with Gasteiger partial charge in [0.2, 0.25) is 0 Å². The van der Waals surface area contributed by atoms with Crippen LogP contribution in [-0.2, 0) is 0 Å². The van der Waals surface area contributed by atoms with Gasteiger partial charge in [-0.15, -0.1) is 0 Å². The Balaban J connectivity index is 2.34. The number of aromatic hydroxyl groups is 1. The van der Waals surface area contributed by atoms with Crippen LogP contribution in [0, 0.1) is 0 Å². The third-order valence-corrected chi connectivity index (χ3v) is 5.52. The van der Waals surface area contributed by atoms with Gasteiger partial charge in [0.15, 0.2) is 0 Å². The zero-order valence-electron chi connectivity index (χ0n) is 8.54. The van der Waals surface area contributed by atoms with Gasteiger partial charge in [-0.2, -0.15) is 0 Å². The fourth-order valence-corrected chi connectivity index (χ4v) is 3.97. The molecule has 0 saturated heterocycles. The second-order valence-corrected chi connectivity index (χ2v) is 6.87. The average Bonchev–Trinajstić information content (AvgIpc) is 2.33. The molecule has 2 aromatic carbocycles. The molecule has 0 aliphatic rings. The Morgan fingerprint density at radius 1 is 0.938 bits per heavy atom. The Labute approximate surface area is 98.8 Å². The molecule has 1 unspecified atom stereocenters. The van der Waals surface area contributed by atoms with Crippen LogP contribution in [0.4, 0.5) is 5.69 Å². The Morgan fingerprint density at radius 2 is 1.62 bits per heavy atom. The normalized spacial score (nSPS) is 12.3. The molecule has 1 atom stereocenters. The van der Waals surface area contributed by atoms with Crippen LogP contribution in [-0.4, -0.2) is 24.2 Å². The van der Waals surface area contributed by atoms with Gasteiger partial charge >= 0.3 is 98.6 Å². The molecule has 0 amide bonds. The molecule has 3 nitrogen and oxygen atoms in total. The molecule has 4 N–H and O–H groups in total. The van der Waals surface area contributed by atoms with Crippen molar-refractivity contribution in [2.45, 2.75) is 0 Å². The van der Waals surface area contributed by atoms with Gasteiger partial charge in [-0.25, -0.2) is 0 Å². The van der Waals surface area contributed by atoms with E-state index in [4.69, 9.17) is 5.73 Å². The van der Waals surface area contributed by atoms with Crippen LogP contribution in [0.1, 0.15) is 0 Å². The van der Waals surface area contributed by atoms with Crippen LogP contribution in [0.25, 0.3) is 0 Å². The molecular weight excluding hydrogens is 265 g/mol. The Hall–Kier alpha value is -1.44. The summed E-state index contributed by atoms with van der Waals surface area (Å²) in [5.74, 6) is 0.0548. The summed E-state index contributed by atoms with van der Waals surface area (Å²) in [4.78, 5) is 0. The first-order chi connectivity index (χ1) is 7.68. The number of hydrogen-bond donors (Lipinski definition) is 3. The van der Waals surface area contributed by atoms with Gasteiger partial charge in [0.25, 0.3) is 0 Å². The number of benzene rings is 2. The third-order valence-electron chi connectivity index (χ3n) is 2.26. The standard InChI is InChI=1S/C12H12AsNO2/c14-11-8-10(6-7-12(11)15)13(16)9-4-2-1-3-5-9/h1-8,15-16H,14H2. The number of anilines is 1. The van der Waals surface area contributed by atoms with E-state index in [1.54, 1.807) is 12.1 Å². The summed E-state index contributed by atoms with van der Waals surface area (Å²) >= 11 is -2.23. The Kier molecular flexibility index (Phi) is 3.18. The first-order valence-electron chi connectivity index (χ1n) is 4.81. The predicted octanol–water partition coefficient (Wildman–Crippen LogP) is 0.0724. The Morgan fingerprint density at radius 3 is 2.25 bits per heavy atom. The van der Waals surface area contributed by atoms with Crippen LogP contribution < -0.4 is 14.4 Å². The summed E-state index contributed by atoms with van der Waals surface area (Å²) in [6.07, 6.45) is 0. The maximum atomic E-state index is 10.2. The molecule has 2 aromatic rings. The van der Waals surface area contributed by atoms with E-state index in [1.807, 2.05) is 30.3 Å². The molecule has 4 heteroatoms. The second-order valence-electron chi connectivity index (χ2n) is 3.39. The van der Waals surface area contributed by atoms with Gasteiger partial charge < -0.3 is 0 Å². The van der Waals surface area contributed by atoms with E-state index in [0.717, 1.165) is 8.70 Å². The van der Waals surface area contributed by atoms with E-state index in [-0.39, 0.29) is 5.75 Å². The van der Waals surface area contributed by atoms with Crippen molar-refractivity contribution in [2.75, 3.05) is 5.73 Å². The van der Waals surface area contributed by atoms with Crippen molar-refractivity contribution in [1.82, 2.24) is 0 Å². The number of nitrogens with two attached hydrogens (primary N) is 1. The van der Waals surface area contributed by atoms with Crippen LogP contribution in [0.5, 0.6) is 5.75 Å². The van der Waals surface area contributed by atoms with Crippen molar-refractivity contribution in [2.24, 2.45) is 0 Å². The number of rotatable bonds is 2. The van der Waals surface area contributed by atoms with E-state index in [9.17, 15) is 9.20 Å². The molecule has 0 radical (unpaired) electrons. The number of phenolic OH excluding ortho intramolecular Hbond substituents is 1. The SMILES string of the molecule is Nc1cc([As](O)c2ccccc2)ccc1O. The second kappa shape index (κ2) is 4.60. The summed E-state index contributed by atoms with van der Waals surface area (Å²) < 4.78 is 12.0. The molecule has 16 heavy (non-hydrogen) atoms. The summed E-state index contributed by atoms with van der Waals surface area (Å²) in [6, 6.07) is 14.4. The molecule has 0 bridgehead atoms. The molecule has 0 fully saturated rings. The topological polar surface area (TPSA) is 66.5 Å². The summed E-state index contributed by atoms with van der Waals surface area (Å²) in [5, 5.41) is 9.31. The fourth-order valence-electron chi connectivity index (χ4n) is 1.39. The molecule has 0 aliphatic carbocycles. The first kappa shape index (κ1) is 11.1. The van der Waals surface area contributed by atoms with Crippen molar-refractivity contribution in [1.29, 1.82) is 0 Å². The minimum atomic E-state index is -2.23. The predicted molar refractivity (Wildman–Crippen MR) is 66.2 cm³/mol. The van der Waals surface area contributed by atoms with Crippen molar-refractivity contribution in [3.05, 3.63) is 48.5 Å². The third kappa shape index (κ3) is 2.21. The zero-order chi connectivity index (χ0) is 11.5. The van der Waals surface area contributed by atoms with Crippen LogP contribution in [0.15, 0.2) is 48.5 Å². The van der Waals surface area contributed by atoms with Gasteiger partial charge in [0.05, 0.1) is 0 Å². The minimum absolute atomic E-state index is 0.0548. The molecule has 0 aromatic heterocycles. The van der Waals surface area contributed by atoms with Gasteiger partial charge in [0, 0.05) is 0 Å². The molecule has 82 valence electrons. The van der Waals surface area contributed by atoms with Crippen molar-refractivity contribution < 1.29 is 9.20 Å². The van der Waals surface area contributed by atoms with E-state index in [0.29, 0.717) is 5.69 Å². The van der Waals surface area contributed by atoms with Crippen LogP contribution in [0.3, 0.4) is 0 Å². The number of phenols is 1. The van der Waals surface area contributed by atoms with E-state index < -0.39 is 15.0 Å². The molecule has 2 rings (SSSR count). The molecule has 0 spiro atoms. The van der Waals surface area contributed by atoms with Gasteiger partial charge in [-0.05, 0) is 0 Å². The summed E-state index contributed by atoms with van der Waals surface area (Å²) in [5.41, 5.74) is 5.91. The summed E-state index contributed by atoms with van der Waals surface area (Å²) in [7, 11) is 0. The van der Waals surface area contributed by atoms with Gasteiger partial charge in [-0.1, -0.05) is 0 Å². The fraction of sp³-hybridized carbons (Fsp3) is 0. The molecule has 0 heterocycles. The maximum absolute atomic E-state index is 10.2. The van der Waals surface area contributed by atoms with E-state index >= 15 is 0 Å². The zero-order valence-corrected chi connectivity index (χ0v) is 10.4. The quantitative estimate of drug-likeness (QED) is 0.413.